The summed E-state index contributed by atoms with van der Waals surface area (Å²) in [6, 6.07) is 8.67. The molecule has 4 rings (SSSR count). The molecule has 2 heterocycles. The van der Waals surface area contributed by atoms with Crippen LogP contribution in [-0.2, 0) is 6.42 Å². The minimum atomic E-state index is -0.201. The van der Waals surface area contributed by atoms with Crippen molar-refractivity contribution in [1.29, 1.82) is 0 Å². The Morgan fingerprint density at radius 3 is 2.77 bits per heavy atom. The van der Waals surface area contributed by atoms with Gasteiger partial charge < -0.3 is 20.4 Å². The van der Waals surface area contributed by atoms with E-state index in [0.29, 0.717) is 4.88 Å². The fraction of sp³-hybridized carbons (Fsp3) is 0.409. The van der Waals surface area contributed by atoms with Crippen molar-refractivity contribution >= 4 is 33.3 Å². The van der Waals surface area contributed by atoms with E-state index in [-0.39, 0.29) is 38.3 Å². The molecule has 0 spiro atoms. The molecule has 1 aliphatic rings. The van der Waals surface area contributed by atoms with E-state index in [9.17, 15) is 15.0 Å². The first-order valence-electron chi connectivity index (χ1n) is 10.2. The molecule has 0 bridgehead atoms. The number of thiophene rings is 1. The molecule has 0 unspecified atom stereocenters. The van der Waals surface area contributed by atoms with E-state index in [1.807, 2.05) is 6.92 Å². The Morgan fingerprint density at radius 1 is 1.23 bits per heavy atom. The number of anilines is 1. The summed E-state index contributed by atoms with van der Waals surface area (Å²) in [5.74, 6) is 0.540. The number of hydrogen-bond acceptors (Lipinski definition) is 7. The predicted molar refractivity (Wildman–Crippen MR) is 118 cm³/mol. The molecule has 1 atom stereocenters. The maximum Gasteiger partial charge on any atom is 0.264 e. The number of carbonyl (C=O) groups is 1. The van der Waals surface area contributed by atoms with Crippen molar-refractivity contribution in [3.8, 4) is 0 Å². The van der Waals surface area contributed by atoms with Gasteiger partial charge in [-0.15, -0.1) is 11.3 Å². The molecule has 3 aromatic rings. The lowest BCUT2D eigenvalue weighted by Crippen LogP contribution is -2.35. The second-order valence-corrected chi connectivity index (χ2v) is 8.49. The molecule has 2 aromatic heterocycles. The summed E-state index contributed by atoms with van der Waals surface area (Å²) < 4.78 is 0. The second kappa shape index (κ2) is 9.07. The van der Waals surface area contributed by atoms with Crippen LogP contribution in [0.25, 0.3) is 10.2 Å². The number of aliphatic hydroxyl groups is 2. The van der Waals surface area contributed by atoms with E-state index < -0.39 is 0 Å². The topological polar surface area (TPSA) is 98.6 Å². The number of rotatable bonds is 7. The molecule has 1 amide bonds. The van der Waals surface area contributed by atoms with Crippen LogP contribution in [0.5, 0.6) is 0 Å². The molecule has 0 aliphatic heterocycles. The zero-order valence-corrected chi connectivity index (χ0v) is 17.8. The number of nitrogens with zero attached hydrogens (tertiary/aromatic N) is 3. The monoisotopic (exact) mass is 426 g/mol. The van der Waals surface area contributed by atoms with Gasteiger partial charge in [-0.05, 0) is 42.9 Å². The number of nitrogens with one attached hydrogen (secondary N) is 1. The van der Waals surface area contributed by atoms with Crippen LogP contribution in [0.1, 0.15) is 45.2 Å². The van der Waals surface area contributed by atoms with E-state index in [2.05, 4.69) is 39.6 Å². The van der Waals surface area contributed by atoms with Gasteiger partial charge in [0.1, 0.15) is 17.0 Å². The minimum absolute atomic E-state index is 0.149. The largest absolute Gasteiger partial charge is 0.395 e. The van der Waals surface area contributed by atoms with Crippen LogP contribution in [0.2, 0.25) is 0 Å². The number of aliphatic hydroxyl groups excluding tert-OH is 2. The first-order chi connectivity index (χ1) is 14.6. The number of carbonyl (C=O) groups excluding carboxylic acids is 1. The van der Waals surface area contributed by atoms with E-state index in [1.165, 1.54) is 33.7 Å². The number of aryl methyl sites for hydroxylation is 2. The number of fused-ring (bicyclic) bond motifs is 2. The molecule has 8 heteroatoms. The molecule has 0 radical (unpaired) electrons. The average molecular weight is 427 g/mol. The number of aromatic nitrogens is 2. The number of hydrogen-bond donors (Lipinski definition) is 3. The number of amides is 1. The number of benzene rings is 1. The molecule has 1 aliphatic carbocycles. The standard InChI is InChI=1S/C22H26N4O3S/c1-14-18-20(25-17-8-4-6-15-5-2-3-7-16(15)17)23-13-24-21(18)30-19(14)22(29)26(9-11-27)10-12-28/h2-3,5,7,13,17,27-28H,4,6,8-12H2,1H3,(H,23,24,25)/t17-/m0/s1. The molecular formula is C22H26N4O3S. The van der Waals surface area contributed by atoms with Gasteiger partial charge in [-0.2, -0.15) is 0 Å². The zero-order chi connectivity index (χ0) is 21.1. The Morgan fingerprint density at radius 2 is 2.00 bits per heavy atom. The minimum Gasteiger partial charge on any atom is -0.395 e. The van der Waals surface area contributed by atoms with Crippen molar-refractivity contribution < 1.29 is 15.0 Å². The van der Waals surface area contributed by atoms with Crippen molar-refractivity contribution in [2.24, 2.45) is 0 Å². The third kappa shape index (κ3) is 3.90. The smallest absolute Gasteiger partial charge is 0.264 e. The maximum atomic E-state index is 13.0. The summed E-state index contributed by atoms with van der Waals surface area (Å²) in [5, 5.41) is 23.0. The predicted octanol–water partition coefficient (Wildman–Crippen LogP) is 2.92. The summed E-state index contributed by atoms with van der Waals surface area (Å²) in [7, 11) is 0. The molecule has 1 aromatic carbocycles. The van der Waals surface area contributed by atoms with Gasteiger partial charge >= 0.3 is 0 Å². The molecule has 30 heavy (non-hydrogen) atoms. The van der Waals surface area contributed by atoms with Gasteiger partial charge in [-0.3, -0.25) is 4.79 Å². The summed E-state index contributed by atoms with van der Waals surface area (Å²) in [6.45, 7) is 1.98. The lowest BCUT2D eigenvalue weighted by Gasteiger charge is -2.27. The van der Waals surface area contributed by atoms with Crippen LogP contribution >= 0.6 is 11.3 Å². The highest BCUT2D eigenvalue weighted by Crippen LogP contribution is 2.37. The lowest BCUT2D eigenvalue weighted by atomic mass is 9.87. The fourth-order valence-corrected chi connectivity index (χ4v) is 5.27. The van der Waals surface area contributed by atoms with E-state index >= 15 is 0 Å². The Hall–Kier alpha value is -2.55. The molecule has 0 saturated carbocycles. The van der Waals surface area contributed by atoms with Gasteiger partial charge in [-0.25, -0.2) is 9.97 Å². The Kier molecular flexibility index (Phi) is 6.26. The maximum absolute atomic E-state index is 13.0. The SMILES string of the molecule is Cc1c(C(=O)N(CCO)CCO)sc2ncnc(N[C@H]3CCCc4ccccc43)c12. The molecular weight excluding hydrogens is 400 g/mol. The van der Waals surface area contributed by atoms with Crippen LogP contribution in [0, 0.1) is 6.92 Å². The molecule has 3 N–H and O–H groups in total. The van der Waals surface area contributed by atoms with E-state index in [1.54, 1.807) is 0 Å². The quantitative estimate of drug-likeness (QED) is 0.537. The first-order valence-corrected chi connectivity index (χ1v) is 11.0. The first kappa shape index (κ1) is 20.7. The summed E-state index contributed by atoms with van der Waals surface area (Å²) >= 11 is 1.33. The third-order valence-electron chi connectivity index (χ3n) is 5.63. The van der Waals surface area contributed by atoms with Gasteiger partial charge in [0.2, 0.25) is 0 Å². The third-order valence-corrected chi connectivity index (χ3v) is 6.82. The zero-order valence-electron chi connectivity index (χ0n) is 17.0. The molecule has 0 saturated heterocycles. The Balaban J connectivity index is 1.69. The van der Waals surface area contributed by atoms with Crippen molar-refractivity contribution in [3.63, 3.8) is 0 Å². The van der Waals surface area contributed by atoms with Crippen LogP contribution < -0.4 is 5.32 Å². The van der Waals surface area contributed by atoms with Gasteiger partial charge in [-0.1, -0.05) is 24.3 Å². The fourth-order valence-electron chi connectivity index (χ4n) is 4.15. The average Bonchev–Trinajstić information content (AvgIpc) is 3.11. The van der Waals surface area contributed by atoms with Crippen molar-refractivity contribution in [2.45, 2.75) is 32.2 Å². The molecule has 7 nitrogen and oxygen atoms in total. The van der Waals surface area contributed by atoms with E-state index in [0.717, 1.165) is 40.9 Å². The molecule has 158 valence electrons. The van der Waals surface area contributed by atoms with Crippen LogP contribution in [0.15, 0.2) is 30.6 Å². The summed E-state index contributed by atoms with van der Waals surface area (Å²) in [4.78, 5) is 24.7. The van der Waals surface area contributed by atoms with Crippen molar-refractivity contribution in [1.82, 2.24) is 14.9 Å². The van der Waals surface area contributed by atoms with Gasteiger partial charge in [0, 0.05) is 13.1 Å². The lowest BCUT2D eigenvalue weighted by molar-refractivity contribution is 0.0689. The highest BCUT2D eigenvalue weighted by atomic mass is 32.1. The van der Waals surface area contributed by atoms with Crippen molar-refractivity contribution in [3.05, 3.63) is 52.2 Å². The Bertz CT molecular complexity index is 1050. The van der Waals surface area contributed by atoms with Crippen molar-refractivity contribution in [2.75, 3.05) is 31.6 Å². The van der Waals surface area contributed by atoms with Crippen LogP contribution in [0.4, 0.5) is 5.82 Å². The Labute approximate surface area is 179 Å². The summed E-state index contributed by atoms with van der Waals surface area (Å²) in [6.07, 6.45) is 4.77. The highest BCUT2D eigenvalue weighted by Gasteiger charge is 2.25. The van der Waals surface area contributed by atoms with Gasteiger partial charge in [0.15, 0.2) is 0 Å². The molecule has 0 fully saturated rings. The highest BCUT2D eigenvalue weighted by molar-refractivity contribution is 7.20. The van der Waals surface area contributed by atoms with Crippen LogP contribution in [0.3, 0.4) is 0 Å². The van der Waals surface area contributed by atoms with Gasteiger partial charge in [0.05, 0.1) is 29.5 Å². The second-order valence-electron chi connectivity index (χ2n) is 7.49. The van der Waals surface area contributed by atoms with Crippen LogP contribution in [-0.4, -0.2) is 57.3 Å². The summed E-state index contributed by atoms with van der Waals surface area (Å²) in [5.41, 5.74) is 3.50. The normalized spacial score (nSPS) is 15.8. The van der Waals surface area contributed by atoms with E-state index in [4.69, 9.17) is 0 Å². The van der Waals surface area contributed by atoms with Gasteiger partial charge in [0.25, 0.3) is 5.91 Å².